The average molecular weight is 428 g/mol. The Morgan fingerprint density at radius 1 is 0.839 bits per heavy atom. The van der Waals surface area contributed by atoms with E-state index >= 15 is 0 Å². The normalized spacial score (nSPS) is 10.5. The molecule has 3 heterocycles. The van der Waals surface area contributed by atoms with Crippen molar-refractivity contribution in [1.82, 2.24) is 15.0 Å². The van der Waals surface area contributed by atoms with E-state index in [1.807, 2.05) is 73.7 Å². The van der Waals surface area contributed by atoms with Crippen molar-refractivity contribution in [2.24, 2.45) is 0 Å². The first-order valence-corrected chi connectivity index (χ1v) is 10.7. The van der Waals surface area contributed by atoms with E-state index in [2.05, 4.69) is 16.0 Å². The predicted octanol–water partition coefficient (Wildman–Crippen LogP) is 5.05. The lowest BCUT2D eigenvalue weighted by molar-refractivity contribution is 0.329. The fourth-order valence-corrected chi connectivity index (χ4v) is 3.30. The molecule has 0 aliphatic rings. The number of rotatable bonds is 7. The van der Waals surface area contributed by atoms with E-state index in [1.165, 1.54) is 0 Å². The van der Waals surface area contributed by atoms with Crippen LogP contribution in [0.5, 0.6) is 5.75 Å². The van der Waals surface area contributed by atoms with Crippen LogP contribution in [0.1, 0.15) is 13.3 Å². The molecule has 0 fully saturated rings. The number of aromatic nitrogens is 3. The molecule has 4 rings (SSSR count). The number of benzene rings is 1. The van der Waals surface area contributed by atoms with Gasteiger partial charge in [-0.2, -0.15) is 0 Å². The van der Waals surface area contributed by atoms with Crippen LogP contribution in [0.2, 0.25) is 0 Å². The van der Waals surface area contributed by atoms with Gasteiger partial charge in [-0.15, -0.1) is 0 Å². The largest absolute Gasteiger partial charge is 0.493 e. The molecule has 0 atom stereocenters. The molecule has 0 saturated heterocycles. The molecular formula is C25H21N3O2S. The monoisotopic (exact) mass is 427 g/mol. The SMILES string of the molecule is CC(CCOc1ccc(-c2ccc(-c3ccccn3)nc2-c2ccccn2)cc1)=S=O. The number of hydrogen-bond acceptors (Lipinski definition) is 5. The summed E-state index contributed by atoms with van der Waals surface area (Å²) >= 11 is 0.528. The molecule has 0 unspecified atom stereocenters. The van der Waals surface area contributed by atoms with Crippen LogP contribution in [-0.2, 0) is 11.3 Å². The minimum atomic E-state index is 0.486. The van der Waals surface area contributed by atoms with Crippen LogP contribution in [0.4, 0.5) is 0 Å². The summed E-state index contributed by atoms with van der Waals surface area (Å²) < 4.78 is 16.5. The summed E-state index contributed by atoms with van der Waals surface area (Å²) in [5.74, 6) is 0.768. The number of ether oxygens (including phenoxy) is 1. The standard InChI is InChI=1S/C25H21N3O2S/c1-18(31-29)14-17-30-20-10-8-19(9-11-20)21-12-13-23(22-6-2-4-15-26-22)28-25(21)24-7-3-5-16-27-24/h2-13,15-16H,14,17H2,1H3. The first-order chi connectivity index (χ1) is 15.2. The zero-order valence-electron chi connectivity index (χ0n) is 17.1. The van der Waals surface area contributed by atoms with E-state index in [9.17, 15) is 4.21 Å². The van der Waals surface area contributed by atoms with Crippen molar-refractivity contribution < 1.29 is 8.95 Å². The van der Waals surface area contributed by atoms with Crippen molar-refractivity contribution in [3.05, 3.63) is 85.2 Å². The molecule has 0 saturated carbocycles. The molecule has 154 valence electrons. The first-order valence-electron chi connectivity index (χ1n) is 9.94. The van der Waals surface area contributed by atoms with Gasteiger partial charge in [0.1, 0.15) is 5.75 Å². The van der Waals surface area contributed by atoms with Gasteiger partial charge in [-0.3, -0.25) is 9.97 Å². The topological polar surface area (TPSA) is 65.0 Å². The number of hydrogen-bond donors (Lipinski definition) is 0. The van der Waals surface area contributed by atoms with Gasteiger partial charge >= 0.3 is 0 Å². The number of nitrogens with zero attached hydrogens (tertiary/aromatic N) is 3. The van der Waals surface area contributed by atoms with Crippen LogP contribution < -0.4 is 4.74 Å². The second kappa shape index (κ2) is 9.91. The average Bonchev–Trinajstić information content (AvgIpc) is 2.85. The molecule has 3 aromatic heterocycles. The Kier molecular flexibility index (Phi) is 6.59. The van der Waals surface area contributed by atoms with Crippen molar-refractivity contribution in [2.45, 2.75) is 13.3 Å². The third kappa shape index (κ3) is 5.10. The van der Waals surface area contributed by atoms with E-state index in [4.69, 9.17) is 9.72 Å². The second-order valence-electron chi connectivity index (χ2n) is 6.93. The highest BCUT2D eigenvalue weighted by molar-refractivity contribution is 7.66. The van der Waals surface area contributed by atoms with E-state index in [1.54, 1.807) is 12.4 Å². The lowest BCUT2D eigenvalue weighted by Gasteiger charge is -2.12. The van der Waals surface area contributed by atoms with Gasteiger partial charge < -0.3 is 4.74 Å². The zero-order valence-corrected chi connectivity index (χ0v) is 17.9. The predicted molar refractivity (Wildman–Crippen MR) is 125 cm³/mol. The third-order valence-electron chi connectivity index (χ3n) is 4.76. The maximum Gasteiger partial charge on any atom is 0.119 e. The Morgan fingerprint density at radius 2 is 1.55 bits per heavy atom. The molecule has 0 N–H and O–H groups in total. The summed E-state index contributed by atoms with van der Waals surface area (Å²) in [6, 6.07) is 23.5. The van der Waals surface area contributed by atoms with Gasteiger partial charge in [-0.1, -0.05) is 24.3 Å². The molecule has 0 bridgehead atoms. The molecule has 6 heteroatoms. The highest BCUT2D eigenvalue weighted by Crippen LogP contribution is 2.32. The molecule has 0 aliphatic heterocycles. The van der Waals surface area contributed by atoms with E-state index in [0.29, 0.717) is 24.3 Å². The highest BCUT2D eigenvalue weighted by atomic mass is 32.1. The number of pyridine rings is 3. The van der Waals surface area contributed by atoms with Crippen molar-refractivity contribution >= 4 is 16.1 Å². The maximum absolute atomic E-state index is 10.7. The van der Waals surface area contributed by atoms with Gasteiger partial charge in [0.25, 0.3) is 0 Å². The minimum absolute atomic E-state index is 0.486. The van der Waals surface area contributed by atoms with Crippen molar-refractivity contribution in [3.63, 3.8) is 0 Å². The molecule has 4 aromatic rings. The smallest absolute Gasteiger partial charge is 0.119 e. The van der Waals surface area contributed by atoms with Crippen molar-refractivity contribution in [3.8, 4) is 39.7 Å². The van der Waals surface area contributed by atoms with Crippen LogP contribution in [0, 0.1) is 0 Å². The van der Waals surface area contributed by atoms with Gasteiger partial charge in [-0.25, -0.2) is 9.19 Å². The van der Waals surface area contributed by atoms with E-state index in [-0.39, 0.29) is 0 Å². The molecular weight excluding hydrogens is 406 g/mol. The second-order valence-corrected chi connectivity index (χ2v) is 7.79. The molecule has 0 spiro atoms. The summed E-state index contributed by atoms with van der Waals surface area (Å²) in [6.45, 7) is 2.31. The van der Waals surface area contributed by atoms with Gasteiger partial charge in [0.05, 0.1) is 40.6 Å². The van der Waals surface area contributed by atoms with Gasteiger partial charge in [0, 0.05) is 29.2 Å². The summed E-state index contributed by atoms with van der Waals surface area (Å²) in [4.78, 5) is 14.7. The Bertz CT molecular complexity index is 1210. The Hall–Kier alpha value is -3.64. The zero-order chi connectivity index (χ0) is 21.5. The maximum atomic E-state index is 10.7. The quantitative estimate of drug-likeness (QED) is 0.386. The van der Waals surface area contributed by atoms with Crippen LogP contribution in [-0.4, -0.2) is 30.6 Å². The first kappa shape index (κ1) is 20.6. The molecule has 0 aliphatic carbocycles. The fraction of sp³-hybridized carbons (Fsp3) is 0.120. The highest BCUT2D eigenvalue weighted by Gasteiger charge is 2.13. The lowest BCUT2D eigenvalue weighted by Crippen LogP contribution is -2.02. The van der Waals surface area contributed by atoms with Crippen LogP contribution in [0.3, 0.4) is 0 Å². The fourth-order valence-electron chi connectivity index (χ4n) is 3.13. The summed E-state index contributed by atoms with van der Waals surface area (Å²) in [7, 11) is 0. The molecule has 0 amide bonds. The molecule has 1 aromatic carbocycles. The Balaban J connectivity index is 1.67. The van der Waals surface area contributed by atoms with Crippen molar-refractivity contribution in [2.75, 3.05) is 6.61 Å². The van der Waals surface area contributed by atoms with Gasteiger partial charge in [-0.05, 0) is 61.0 Å². The van der Waals surface area contributed by atoms with Gasteiger partial charge in [0.15, 0.2) is 0 Å². The summed E-state index contributed by atoms with van der Waals surface area (Å²) in [6.07, 6.45) is 4.17. The van der Waals surface area contributed by atoms with Crippen LogP contribution >= 0.6 is 0 Å². The summed E-state index contributed by atoms with van der Waals surface area (Å²) in [5, 5.41) is 0. The third-order valence-corrected chi connectivity index (χ3v) is 5.25. The van der Waals surface area contributed by atoms with E-state index < -0.39 is 0 Å². The van der Waals surface area contributed by atoms with Crippen LogP contribution in [0.25, 0.3) is 33.9 Å². The molecule has 31 heavy (non-hydrogen) atoms. The molecule has 0 radical (unpaired) electrons. The lowest BCUT2D eigenvalue weighted by atomic mass is 10.0. The van der Waals surface area contributed by atoms with Crippen molar-refractivity contribution in [1.29, 1.82) is 0 Å². The minimum Gasteiger partial charge on any atom is -0.493 e. The Labute approximate surface area is 184 Å². The molecule has 5 nitrogen and oxygen atoms in total. The van der Waals surface area contributed by atoms with Gasteiger partial charge in [0.2, 0.25) is 0 Å². The summed E-state index contributed by atoms with van der Waals surface area (Å²) in [5.41, 5.74) is 5.22. The van der Waals surface area contributed by atoms with Crippen LogP contribution in [0.15, 0.2) is 85.2 Å². The van der Waals surface area contributed by atoms with E-state index in [0.717, 1.165) is 44.5 Å². The Morgan fingerprint density at radius 3 is 2.19 bits per heavy atom.